The number of rotatable bonds is 4. The second-order valence-electron chi connectivity index (χ2n) is 7.07. The average Bonchev–Trinajstić information content (AvgIpc) is 3.23. The van der Waals surface area contributed by atoms with E-state index in [0.29, 0.717) is 13.1 Å². The molecule has 3 rings (SSSR count). The van der Waals surface area contributed by atoms with Crippen LogP contribution in [0.4, 0.5) is 5.69 Å². The van der Waals surface area contributed by atoms with Crippen molar-refractivity contribution in [1.82, 2.24) is 9.80 Å². The van der Waals surface area contributed by atoms with E-state index in [4.69, 9.17) is 0 Å². The van der Waals surface area contributed by atoms with Crippen LogP contribution in [0.3, 0.4) is 0 Å². The van der Waals surface area contributed by atoms with E-state index in [1.54, 1.807) is 11.3 Å². The van der Waals surface area contributed by atoms with Crippen LogP contribution in [0.25, 0.3) is 0 Å². The Morgan fingerprint density at radius 1 is 1.33 bits per heavy atom. The summed E-state index contributed by atoms with van der Waals surface area (Å²) in [4.78, 5) is 31.3. The van der Waals surface area contributed by atoms with Crippen molar-refractivity contribution in [3.8, 4) is 0 Å². The Bertz CT molecular complexity index is 599. The molecule has 24 heavy (non-hydrogen) atoms. The van der Waals surface area contributed by atoms with Crippen LogP contribution in [0.5, 0.6) is 0 Å². The SMILES string of the molecule is CCC(CC)C(=O)N1CC[C@@]2(C1)CN(c1ccsc1)C(=O)CN2C. The minimum Gasteiger partial charge on any atom is -0.340 e. The molecule has 2 fully saturated rings. The molecule has 3 heterocycles. The first-order valence-electron chi connectivity index (χ1n) is 8.83. The molecule has 1 aromatic rings. The Balaban J connectivity index is 1.77. The molecule has 1 aromatic heterocycles. The van der Waals surface area contributed by atoms with Crippen LogP contribution in [0.1, 0.15) is 33.1 Å². The molecule has 0 radical (unpaired) electrons. The zero-order chi connectivity index (χ0) is 17.3. The smallest absolute Gasteiger partial charge is 0.241 e. The molecule has 2 saturated heterocycles. The molecule has 2 aliphatic heterocycles. The Kier molecular flexibility index (Phi) is 4.97. The van der Waals surface area contributed by atoms with E-state index in [1.807, 2.05) is 33.7 Å². The molecule has 0 bridgehead atoms. The molecule has 6 heteroatoms. The highest BCUT2D eigenvalue weighted by atomic mass is 32.1. The normalized spacial score (nSPS) is 25.2. The van der Waals surface area contributed by atoms with Gasteiger partial charge < -0.3 is 9.80 Å². The van der Waals surface area contributed by atoms with Crippen molar-refractivity contribution in [3.63, 3.8) is 0 Å². The van der Waals surface area contributed by atoms with Crippen molar-refractivity contribution in [2.45, 2.75) is 38.6 Å². The molecule has 1 atom stereocenters. The topological polar surface area (TPSA) is 43.9 Å². The van der Waals surface area contributed by atoms with Crippen LogP contribution < -0.4 is 4.90 Å². The largest absolute Gasteiger partial charge is 0.340 e. The highest BCUT2D eigenvalue weighted by Gasteiger charge is 2.49. The lowest BCUT2D eigenvalue weighted by Gasteiger charge is -2.46. The fourth-order valence-electron chi connectivity index (χ4n) is 3.99. The standard InChI is InChI=1S/C18H27N3O2S/c1-4-14(5-2)17(23)20-8-7-18(12-20)13-21(15-6-9-24-11-15)16(22)10-19(18)3/h6,9,11,14H,4-5,7-8,10,12-13H2,1-3H3/t18-/m1/s1. The van der Waals surface area contributed by atoms with E-state index >= 15 is 0 Å². The summed E-state index contributed by atoms with van der Waals surface area (Å²) in [5, 5.41) is 4.03. The minimum absolute atomic E-state index is 0.114. The van der Waals surface area contributed by atoms with Gasteiger partial charge in [-0.3, -0.25) is 14.5 Å². The Morgan fingerprint density at radius 2 is 2.08 bits per heavy atom. The minimum atomic E-state index is -0.114. The van der Waals surface area contributed by atoms with Gasteiger partial charge in [0, 0.05) is 30.9 Å². The van der Waals surface area contributed by atoms with Gasteiger partial charge in [0.05, 0.1) is 17.8 Å². The summed E-state index contributed by atoms with van der Waals surface area (Å²) in [5.74, 6) is 0.555. The van der Waals surface area contributed by atoms with Gasteiger partial charge in [0.15, 0.2) is 0 Å². The fraction of sp³-hybridized carbons (Fsp3) is 0.667. The van der Waals surface area contributed by atoms with E-state index in [-0.39, 0.29) is 23.3 Å². The van der Waals surface area contributed by atoms with Crippen LogP contribution in [0, 0.1) is 5.92 Å². The molecule has 0 N–H and O–H groups in total. The predicted molar refractivity (Wildman–Crippen MR) is 97.3 cm³/mol. The second-order valence-corrected chi connectivity index (χ2v) is 7.85. The van der Waals surface area contributed by atoms with Crippen molar-refractivity contribution in [1.29, 1.82) is 0 Å². The van der Waals surface area contributed by atoms with Crippen molar-refractivity contribution in [2.24, 2.45) is 5.92 Å². The molecule has 0 unspecified atom stereocenters. The molecular weight excluding hydrogens is 322 g/mol. The first kappa shape index (κ1) is 17.4. The zero-order valence-corrected chi connectivity index (χ0v) is 15.6. The number of carbonyl (C=O) groups is 2. The third-order valence-corrected chi connectivity index (χ3v) is 6.40. The van der Waals surface area contributed by atoms with Gasteiger partial charge in [0.2, 0.25) is 11.8 Å². The molecular formula is C18H27N3O2S. The summed E-state index contributed by atoms with van der Waals surface area (Å²) in [6.07, 6.45) is 2.73. The van der Waals surface area contributed by atoms with Crippen LogP contribution in [0.15, 0.2) is 16.8 Å². The maximum Gasteiger partial charge on any atom is 0.241 e. The highest BCUT2D eigenvalue weighted by molar-refractivity contribution is 7.08. The van der Waals surface area contributed by atoms with Crippen molar-refractivity contribution in [2.75, 3.05) is 38.1 Å². The Morgan fingerprint density at radius 3 is 2.71 bits per heavy atom. The third kappa shape index (κ3) is 2.97. The van der Waals surface area contributed by atoms with Crippen LogP contribution in [0.2, 0.25) is 0 Å². The summed E-state index contributed by atoms with van der Waals surface area (Å²) in [7, 11) is 2.02. The number of carbonyl (C=O) groups excluding carboxylic acids is 2. The molecule has 2 aliphatic rings. The summed E-state index contributed by atoms with van der Waals surface area (Å²) in [6, 6.07) is 2.00. The third-order valence-electron chi connectivity index (χ3n) is 5.73. The van der Waals surface area contributed by atoms with Crippen molar-refractivity contribution >= 4 is 28.8 Å². The van der Waals surface area contributed by atoms with Gasteiger partial charge in [-0.25, -0.2) is 0 Å². The van der Waals surface area contributed by atoms with E-state index < -0.39 is 0 Å². The molecule has 0 saturated carbocycles. The van der Waals surface area contributed by atoms with Crippen LogP contribution in [-0.4, -0.2) is 60.4 Å². The number of hydrogen-bond acceptors (Lipinski definition) is 4. The molecule has 1 spiro atoms. The van der Waals surface area contributed by atoms with Crippen molar-refractivity contribution < 1.29 is 9.59 Å². The average molecular weight is 350 g/mol. The van der Waals surface area contributed by atoms with Gasteiger partial charge in [0.25, 0.3) is 0 Å². The van der Waals surface area contributed by atoms with Gasteiger partial charge >= 0.3 is 0 Å². The predicted octanol–water partition coefficient (Wildman–Crippen LogP) is 2.43. The number of amides is 2. The Labute approximate surface area is 148 Å². The molecule has 0 aromatic carbocycles. The van der Waals surface area contributed by atoms with Gasteiger partial charge in [-0.1, -0.05) is 13.8 Å². The number of thiophene rings is 1. The fourth-order valence-corrected chi connectivity index (χ4v) is 4.63. The van der Waals surface area contributed by atoms with Gasteiger partial charge in [-0.2, -0.15) is 11.3 Å². The monoisotopic (exact) mass is 349 g/mol. The molecule has 2 amide bonds. The number of anilines is 1. The van der Waals surface area contributed by atoms with E-state index in [0.717, 1.165) is 38.0 Å². The first-order valence-corrected chi connectivity index (χ1v) is 9.77. The van der Waals surface area contributed by atoms with Gasteiger partial charge in [0.1, 0.15) is 0 Å². The maximum atomic E-state index is 12.7. The number of hydrogen-bond donors (Lipinski definition) is 0. The molecule has 0 aliphatic carbocycles. The van der Waals surface area contributed by atoms with E-state index in [9.17, 15) is 9.59 Å². The summed E-state index contributed by atoms with van der Waals surface area (Å²) in [6.45, 7) is 6.79. The Hall–Kier alpha value is -1.40. The second kappa shape index (κ2) is 6.84. The number of likely N-dealkylation sites (tertiary alicyclic amines) is 1. The number of likely N-dealkylation sites (N-methyl/N-ethyl adjacent to an activating group) is 1. The summed E-state index contributed by atoms with van der Waals surface area (Å²) in [5.41, 5.74) is 0.875. The lowest BCUT2D eigenvalue weighted by atomic mass is 9.92. The quantitative estimate of drug-likeness (QED) is 0.839. The van der Waals surface area contributed by atoms with E-state index in [1.165, 1.54) is 0 Å². The van der Waals surface area contributed by atoms with E-state index in [2.05, 4.69) is 18.7 Å². The lowest BCUT2D eigenvalue weighted by Crippen LogP contribution is -2.64. The zero-order valence-electron chi connectivity index (χ0n) is 14.8. The van der Waals surface area contributed by atoms with Crippen LogP contribution in [-0.2, 0) is 9.59 Å². The summed E-state index contributed by atoms with van der Waals surface area (Å²) >= 11 is 1.61. The summed E-state index contributed by atoms with van der Waals surface area (Å²) < 4.78 is 0. The van der Waals surface area contributed by atoms with Crippen LogP contribution >= 0.6 is 11.3 Å². The lowest BCUT2D eigenvalue weighted by molar-refractivity contribution is -0.135. The number of piperazine rings is 1. The number of nitrogens with zero attached hydrogens (tertiary/aromatic N) is 3. The van der Waals surface area contributed by atoms with Crippen molar-refractivity contribution in [3.05, 3.63) is 16.8 Å². The molecule has 5 nitrogen and oxygen atoms in total. The van der Waals surface area contributed by atoms with Gasteiger partial charge in [-0.15, -0.1) is 0 Å². The highest BCUT2D eigenvalue weighted by Crippen LogP contribution is 2.34. The molecule has 132 valence electrons. The van der Waals surface area contributed by atoms with Gasteiger partial charge in [-0.05, 0) is 37.8 Å². The maximum absolute atomic E-state index is 12.7. The first-order chi connectivity index (χ1) is 11.5.